The van der Waals surface area contributed by atoms with Crippen LogP contribution in [0.2, 0.25) is 0 Å². The second-order valence-electron chi connectivity index (χ2n) is 11.2. The zero-order valence-corrected chi connectivity index (χ0v) is 22.9. The highest BCUT2D eigenvalue weighted by molar-refractivity contribution is 6.14. The Hall–Kier alpha value is -5.47. The van der Waals surface area contributed by atoms with Crippen molar-refractivity contribution in [3.63, 3.8) is 0 Å². The van der Waals surface area contributed by atoms with Crippen molar-refractivity contribution in [2.45, 2.75) is 5.41 Å². The van der Waals surface area contributed by atoms with Crippen LogP contribution in [0.25, 0.3) is 33.0 Å². The summed E-state index contributed by atoms with van der Waals surface area (Å²) in [5, 5.41) is 2.53. The number of hydrogen-bond acceptors (Lipinski definition) is 2. The number of rotatable bonds is 3. The molecule has 0 saturated carbocycles. The molecular formula is C40H26N2. The molecule has 2 heterocycles. The van der Waals surface area contributed by atoms with E-state index in [9.17, 15) is 0 Å². The highest BCUT2D eigenvalue weighted by Crippen LogP contribution is 2.60. The van der Waals surface area contributed by atoms with Crippen molar-refractivity contribution in [2.24, 2.45) is 0 Å². The highest BCUT2D eigenvalue weighted by atomic mass is 15.2. The number of aromatic nitrogens is 1. The van der Waals surface area contributed by atoms with Gasteiger partial charge in [-0.1, -0.05) is 115 Å². The molecule has 2 heteroatoms. The van der Waals surface area contributed by atoms with Crippen LogP contribution in [0, 0.1) is 0 Å². The predicted octanol–water partition coefficient (Wildman–Crippen LogP) is 10.0. The fraction of sp³-hybridized carbons (Fsp3) is 0.0250. The molecule has 0 spiro atoms. The van der Waals surface area contributed by atoms with Gasteiger partial charge in [-0.05, 0) is 74.7 Å². The molecule has 1 aromatic heterocycles. The Bertz CT molecular complexity index is 2090. The molecule has 1 aliphatic heterocycles. The summed E-state index contributed by atoms with van der Waals surface area (Å²) in [4.78, 5) is 6.78. The van der Waals surface area contributed by atoms with Gasteiger partial charge in [0, 0.05) is 29.0 Å². The van der Waals surface area contributed by atoms with Crippen molar-refractivity contribution in [2.75, 3.05) is 4.90 Å². The second-order valence-corrected chi connectivity index (χ2v) is 11.2. The standard InChI is InChI=1S/C40H26N2/c1-3-13-28(14-4-1)40(29-15-5-2-6-16-29)35-19-8-7-17-31(35)33-25-34-32-18-9-11-27-12-10-20-37(39(27)32)42(38(34)26-36(33)40)30-21-23-41-24-22-30/h1-26H. The van der Waals surface area contributed by atoms with Crippen molar-refractivity contribution in [3.8, 4) is 22.3 Å². The van der Waals surface area contributed by atoms with E-state index in [2.05, 4.69) is 155 Å². The Morgan fingerprint density at radius 3 is 1.83 bits per heavy atom. The van der Waals surface area contributed by atoms with Crippen LogP contribution in [0.5, 0.6) is 0 Å². The van der Waals surface area contributed by atoms with Crippen molar-refractivity contribution in [1.82, 2.24) is 4.98 Å². The molecule has 0 bridgehead atoms. The Morgan fingerprint density at radius 2 is 1.10 bits per heavy atom. The van der Waals surface area contributed by atoms with Gasteiger partial charge in [-0.25, -0.2) is 0 Å². The Balaban J connectivity index is 1.45. The monoisotopic (exact) mass is 534 g/mol. The van der Waals surface area contributed by atoms with Crippen LogP contribution in [0.1, 0.15) is 22.3 Å². The van der Waals surface area contributed by atoms with Gasteiger partial charge in [-0.15, -0.1) is 0 Å². The first-order valence-electron chi connectivity index (χ1n) is 14.5. The lowest BCUT2D eigenvalue weighted by Crippen LogP contribution is -2.29. The number of benzene rings is 6. The molecule has 9 rings (SSSR count). The molecule has 0 N–H and O–H groups in total. The molecule has 0 amide bonds. The van der Waals surface area contributed by atoms with Gasteiger partial charge in [0.05, 0.1) is 16.8 Å². The minimum Gasteiger partial charge on any atom is -0.309 e. The predicted molar refractivity (Wildman–Crippen MR) is 173 cm³/mol. The topological polar surface area (TPSA) is 16.1 Å². The van der Waals surface area contributed by atoms with Crippen molar-refractivity contribution >= 4 is 27.8 Å². The Labute approximate surface area is 245 Å². The maximum Gasteiger partial charge on any atom is 0.0714 e. The molecule has 1 aliphatic carbocycles. The van der Waals surface area contributed by atoms with Gasteiger partial charge in [-0.2, -0.15) is 0 Å². The fourth-order valence-corrected chi connectivity index (χ4v) is 7.51. The number of anilines is 3. The summed E-state index contributed by atoms with van der Waals surface area (Å²) in [6.45, 7) is 0. The van der Waals surface area contributed by atoms with E-state index in [1.165, 1.54) is 66.7 Å². The minimum absolute atomic E-state index is 0.448. The fourth-order valence-electron chi connectivity index (χ4n) is 7.51. The third-order valence-electron chi connectivity index (χ3n) is 9.15. The van der Waals surface area contributed by atoms with Crippen molar-refractivity contribution in [3.05, 3.63) is 180 Å². The SMILES string of the molecule is c1ccc(C2(c3ccccc3)c3ccccc3-c3cc4c(cc32)N(c2ccncc2)c2cccc3cccc-4c23)cc1. The molecule has 0 radical (unpaired) electrons. The van der Waals surface area contributed by atoms with E-state index >= 15 is 0 Å². The summed E-state index contributed by atoms with van der Waals surface area (Å²) in [5.74, 6) is 0. The van der Waals surface area contributed by atoms with Crippen LogP contribution >= 0.6 is 0 Å². The van der Waals surface area contributed by atoms with Crippen LogP contribution in [0.3, 0.4) is 0 Å². The van der Waals surface area contributed by atoms with Gasteiger partial charge in [0.25, 0.3) is 0 Å². The van der Waals surface area contributed by atoms with E-state index in [-0.39, 0.29) is 0 Å². The van der Waals surface area contributed by atoms with Gasteiger partial charge in [0.1, 0.15) is 0 Å². The van der Waals surface area contributed by atoms with Gasteiger partial charge in [0.2, 0.25) is 0 Å². The van der Waals surface area contributed by atoms with Gasteiger partial charge in [0.15, 0.2) is 0 Å². The van der Waals surface area contributed by atoms with Crippen LogP contribution in [-0.2, 0) is 5.41 Å². The maximum atomic E-state index is 4.35. The van der Waals surface area contributed by atoms with Gasteiger partial charge >= 0.3 is 0 Å². The molecule has 2 aliphatic rings. The largest absolute Gasteiger partial charge is 0.309 e. The van der Waals surface area contributed by atoms with Gasteiger partial charge in [-0.3, -0.25) is 4.98 Å². The molecule has 6 aromatic carbocycles. The van der Waals surface area contributed by atoms with Gasteiger partial charge < -0.3 is 4.90 Å². The minimum atomic E-state index is -0.448. The first kappa shape index (κ1) is 23.3. The molecule has 7 aromatic rings. The third kappa shape index (κ3) is 3.01. The molecule has 0 unspecified atom stereocenters. The summed E-state index contributed by atoms with van der Waals surface area (Å²) >= 11 is 0. The quantitative estimate of drug-likeness (QED) is 0.224. The van der Waals surface area contributed by atoms with Crippen molar-refractivity contribution < 1.29 is 0 Å². The summed E-state index contributed by atoms with van der Waals surface area (Å²) in [6, 6.07) is 53.5. The van der Waals surface area contributed by atoms with E-state index in [0.29, 0.717) is 0 Å². The number of fused-ring (bicyclic) bond motifs is 5. The van der Waals surface area contributed by atoms with Crippen LogP contribution < -0.4 is 4.90 Å². The first-order chi connectivity index (χ1) is 20.9. The second kappa shape index (κ2) is 8.76. The maximum absolute atomic E-state index is 4.35. The highest BCUT2D eigenvalue weighted by Gasteiger charge is 2.47. The first-order valence-corrected chi connectivity index (χ1v) is 14.5. The normalized spacial score (nSPS) is 13.9. The van der Waals surface area contributed by atoms with E-state index in [0.717, 1.165) is 5.69 Å². The number of pyridine rings is 1. The Morgan fingerprint density at radius 1 is 0.452 bits per heavy atom. The summed E-state index contributed by atoms with van der Waals surface area (Å²) in [5.41, 5.74) is 13.3. The lowest BCUT2D eigenvalue weighted by Gasteiger charge is -2.37. The molecule has 42 heavy (non-hydrogen) atoms. The van der Waals surface area contributed by atoms with E-state index in [4.69, 9.17) is 0 Å². The Kier molecular flexibility index (Phi) is 4.85. The molecule has 196 valence electrons. The lowest BCUT2D eigenvalue weighted by molar-refractivity contribution is 0.768. The smallest absolute Gasteiger partial charge is 0.0714 e. The molecule has 0 atom stereocenters. The lowest BCUT2D eigenvalue weighted by atomic mass is 9.67. The number of hydrogen-bond donors (Lipinski definition) is 0. The number of nitrogens with zero attached hydrogens (tertiary/aromatic N) is 2. The van der Waals surface area contributed by atoms with E-state index in [1.54, 1.807) is 0 Å². The van der Waals surface area contributed by atoms with E-state index < -0.39 is 5.41 Å². The molecule has 2 nitrogen and oxygen atoms in total. The molecule has 0 saturated heterocycles. The average Bonchev–Trinajstić information content (AvgIpc) is 3.36. The molecule has 0 fully saturated rings. The molecular weight excluding hydrogens is 508 g/mol. The summed E-state index contributed by atoms with van der Waals surface area (Å²) < 4.78 is 0. The van der Waals surface area contributed by atoms with E-state index in [1.807, 2.05) is 12.4 Å². The summed E-state index contributed by atoms with van der Waals surface area (Å²) in [7, 11) is 0. The van der Waals surface area contributed by atoms with Crippen molar-refractivity contribution in [1.29, 1.82) is 0 Å². The van der Waals surface area contributed by atoms with Crippen LogP contribution in [0.4, 0.5) is 17.1 Å². The van der Waals surface area contributed by atoms with Crippen LogP contribution in [-0.4, -0.2) is 4.98 Å². The zero-order chi connectivity index (χ0) is 27.7. The summed E-state index contributed by atoms with van der Waals surface area (Å²) in [6.07, 6.45) is 3.77. The third-order valence-corrected chi connectivity index (χ3v) is 9.15. The average molecular weight is 535 g/mol. The van der Waals surface area contributed by atoms with Crippen LogP contribution in [0.15, 0.2) is 158 Å². The zero-order valence-electron chi connectivity index (χ0n) is 22.9.